The molecule has 7 atom stereocenters. The first-order chi connectivity index (χ1) is 26.5. The minimum Gasteiger partial charge on any atom is -0.459 e. The number of rotatable bonds is 16. The number of carbonyl (C=O) groups is 2. The third-order valence-corrected chi connectivity index (χ3v) is 15.6. The van der Waals surface area contributed by atoms with Gasteiger partial charge in [0.25, 0.3) is 8.32 Å². The van der Waals surface area contributed by atoms with Crippen LogP contribution in [0.25, 0.3) is 0 Å². The van der Waals surface area contributed by atoms with E-state index < -0.39 is 79.7 Å². The van der Waals surface area contributed by atoms with Crippen LogP contribution in [0.15, 0.2) is 60.7 Å². The van der Waals surface area contributed by atoms with Gasteiger partial charge in [-0.2, -0.15) is 0 Å². The van der Waals surface area contributed by atoms with Gasteiger partial charge in [-0.1, -0.05) is 81.4 Å². The molecule has 320 valence electrons. The number of esters is 2. The molecule has 2 fully saturated rings. The van der Waals surface area contributed by atoms with Crippen LogP contribution in [0.1, 0.15) is 95.4 Å². The maximum Gasteiger partial charge on any atom is 0.320 e. The predicted molar refractivity (Wildman–Crippen MR) is 219 cm³/mol. The molecule has 0 bridgehead atoms. The monoisotopic (exact) mass is 816 g/mol. The van der Waals surface area contributed by atoms with Crippen LogP contribution < -0.4 is 10.4 Å². The molecular formula is C44H68O12Si. The molecule has 0 spiro atoms. The van der Waals surface area contributed by atoms with Crippen molar-refractivity contribution in [2.75, 3.05) is 34.5 Å². The highest BCUT2D eigenvalue weighted by atomic mass is 28.4. The highest BCUT2D eigenvalue weighted by Crippen LogP contribution is 2.45. The smallest absolute Gasteiger partial charge is 0.320 e. The van der Waals surface area contributed by atoms with Crippen molar-refractivity contribution in [3.63, 3.8) is 0 Å². The number of methoxy groups -OCH3 is 3. The van der Waals surface area contributed by atoms with Gasteiger partial charge < -0.3 is 47.1 Å². The molecule has 2 heterocycles. The summed E-state index contributed by atoms with van der Waals surface area (Å²) < 4.78 is 63.1. The molecule has 13 heteroatoms. The topological polar surface area (TPSA) is 126 Å². The number of benzene rings is 2. The molecule has 0 amide bonds. The lowest BCUT2D eigenvalue weighted by Gasteiger charge is -2.57. The van der Waals surface area contributed by atoms with Gasteiger partial charge in [-0.3, -0.25) is 9.59 Å². The maximum atomic E-state index is 13.2. The lowest BCUT2D eigenvalue weighted by atomic mass is 9.94. The maximum absolute atomic E-state index is 13.2. The molecule has 0 N–H and O–H groups in total. The van der Waals surface area contributed by atoms with Gasteiger partial charge in [0.1, 0.15) is 35.6 Å². The van der Waals surface area contributed by atoms with E-state index in [1.165, 1.54) is 7.11 Å². The van der Waals surface area contributed by atoms with Crippen molar-refractivity contribution in [2.45, 2.75) is 154 Å². The molecule has 2 aromatic carbocycles. The molecule has 0 saturated carbocycles. The van der Waals surface area contributed by atoms with Crippen LogP contribution in [0.5, 0.6) is 0 Å². The Labute approximate surface area is 341 Å². The van der Waals surface area contributed by atoms with Crippen LogP contribution in [0.3, 0.4) is 0 Å². The first-order valence-electron chi connectivity index (χ1n) is 20.0. The van der Waals surface area contributed by atoms with Crippen molar-refractivity contribution in [2.24, 2.45) is 5.92 Å². The van der Waals surface area contributed by atoms with Crippen molar-refractivity contribution in [1.82, 2.24) is 0 Å². The number of hydrogen-bond donors (Lipinski definition) is 0. The highest BCUT2D eigenvalue weighted by molar-refractivity contribution is 6.99. The summed E-state index contributed by atoms with van der Waals surface area (Å²) in [5.41, 5.74) is -1.53. The van der Waals surface area contributed by atoms with E-state index in [9.17, 15) is 9.59 Å². The second-order valence-electron chi connectivity index (χ2n) is 18.2. The van der Waals surface area contributed by atoms with Crippen molar-refractivity contribution >= 4 is 30.6 Å². The molecule has 0 unspecified atom stereocenters. The van der Waals surface area contributed by atoms with E-state index in [4.69, 9.17) is 47.1 Å². The quantitative estimate of drug-likeness (QED) is 0.0818. The van der Waals surface area contributed by atoms with Gasteiger partial charge in [0.15, 0.2) is 12.2 Å². The van der Waals surface area contributed by atoms with Crippen LogP contribution in [0.4, 0.5) is 0 Å². The molecule has 2 aromatic rings. The van der Waals surface area contributed by atoms with E-state index in [0.29, 0.717) is 12.8 Å². The Kier molecular flexibility index (Phi) is 15.4. The first-order valence-corrected chi connectivity index (χ1v) is 21.9. The fourth-order valence-electron chi connectivity index (χ4n) is 7.58. The third-order valence-electron chi connectivity index (χ3n) is 10.6. The zero-order chi connectivity index (χ0) is 42.5. The van der Waals surface area contributed by atoms with Crippen LogP contribution in [0, 0.1) is 5.92 Å². The summed E-state index contributed by atoms with van der Waals surface area (Å²) in [4.78, 5) is 26.4. The first kappa shape index (κ1) is 47.0. The number of ether oxygens (including phenoxy) is 9. The molecular weight excluding hydrogens is 749 g/mol. The van der Waals surface area contributed by atoms with Gasteiger partial charge in [-0.05, 0) is 90.1 Å². The van der Waals surface area contributed by atoms with E-state index in [0.717, 1.165) is 10.4 Å². The number of unbranched alkanes of at least 4 members (excludes halogenated alkanes) is 1. The second kappa shape index (κ2) is 18.7. The summed E-state index contributed by atoms with van der Waals surface area (Å²) in [5.74, 6) is -4.95. The molecule has 0 radical (unpaired) electrons. The molecule has 57 heavy (non-hydrogen) atoms. The Morgan fingerprint density at radius 1 is 0.719 bits per heavy atom. The number of hydrogen-bond acceptors (Lipinski definition) is 12. The summed E-state index contributed by atoms with van der Waals surface area (Å²) in [5, 5.41) is 1.97. The summed E-state index contributed by atoms with van der Waals surface area (Å²) in [6.07, 6.45) is -2.55. The second-order valence-corrected chi connectivity index (χ2v) is 22.5. The fourth-order valence-corrected chi connectivity index (χ4v) is 12.1. The Morgan fingerprint density at radius 3 is 1.61 bits per heavy atom. The van der Waals surface area contributed by atoms with Gasteiger partial charge in [0.05, 0.1) is 6.61 Å². The van der Waals surface area contributed by atoms with Crippen LogP contribution in [-0.2, 0) is 56.6 Å². The van der Waals surface area contributed by atoms with E-state index >= 15 is 0 Å². The lowest BCUT2D eigenvalue weighted by Crippen LogP contribution is -2.74. The zero-order valence-corrected chi connectivity index (χ0v) is 37.7. The average molecular weight is 817 g/mol. The van der Waals surface area contributed by atoms with E-state index in [-0.39, 0.29) is 24.7 Å². The minimum atomic E-state index is -3.00. The van der Waals surface area contributed by atoms with Crippen LogP contribution in [-0.4, -0.2) is 108 Å². The average Bonchev–Trinajstić information content (AvgIpc) is 3.13. The van der Waals surface area contributed by atoms with Crippen molar-refractivity contribution in [3.05, 3.63) is 60.7 Å². The molecule has 12 nitrogen and oxygen atoms in total. The van der Waals surface area contributed by atoms with Crippen LogP contribution in [0.2, 0.25) is 5.04 Å². The highest BCUT2D eigenvalue weighted by Gasteiger charge is 2.63. The Bertz CT molecular complexity index is 1520. The summed E-state index contributed by atoms with van der Waals surface area (Å²) in [7, 11) is 1.64. The molecule has 2 saturated heterocycles. The summed E-state index contributed by atoms with van der Waals surface area (Å²) in [6.45, 7) is 21.2. The molecule has 0 aliphatic carbocycles. The normalized spacial score (nSPS) is 27.2. The lowest BCUT2D eigenvalue weighted by molar-refractivity contribution is -0.484. The molecule has 2 aliphatic rings. The largest absolute Gasteiger partial charge is 0.459 e. The number of fused-ring (bicyclic) bond motifs is 1. The standard InChI is InChI=1S/C44H68O12Si/c1-40(2,3)55-37(45)32(38(46)56-41(4,5)6)27-21-22-28-50-34-33(52-39(47-12)36-35(34)53-43(10,48-13)44(11,49-14)54-36)29-51-57(42(7,8)9,30-23-17-15-18-24-30)31-25-19-16-20-26-31/h15-20,23-26,32-36,39H,21-22,27-29H2,1-14H3/t33-,34-,35+,36-,39+,43-,44-/m1/s1. The van der Waals surface area contributed by atoms with E-state index in [1.54, 1.807) is 69.6 Å². The Morgan fingerprint density at radius 2 is 1.19 bits per heavy atom. The van der Waals surface area contributed by atoms with E-state index in [1.807, 2.05) is 36.4 Å². The fraction of sp³-hybridized carbons (Fsp3) is 0.682. The predicted octanol–water partition coefficient (Wildman–Crippen LogP) is 6.30. The van der Waals surface area contributed by atoms with E-state index in [2.05, 4.69) is 45.0 Å². The molecule has 0 aromatic heterocycles. The Balaban J connectivity index is 1.66. The molecule has 2 aliphatic heterocycles. The van der Waals surface area contributed by atoms with Crippen LogP contribution >= 0.6 is 0 Å². The van der Waals surface area contributed by atoms with Crippen molar-refractivity contribution < 1.29 is 56.6 Å². The van der Waals surface area contributed by atoms with Gasteiger partial charge in [-0.25, -0.2) is 0 Å². The Hall–Kier alpha value is -2.72. The van der Waals surface area contributed by atoms with Gasteiger partial charge >= 0.3 is 11.9 Å². The SMILES string of the molecule is CO[C@H]1O[C@H](CO[Si](c2ccccc2)(c2ccccc2)C(C)(C)C)[C@@H](OCCCCC(C(=O)OC(C)(C)C)C(=O)OC(C)(C)C)[C@@H]2O[C@@](C)(OC)[C@](C)(OC)O[C@@H]12. The zero-order valence-electron chi connectivity index (χ0n) is 36.7. The van der Waals surface area contributed by atoms with Gasteiger partial charge in [-0.15, -0.1) is 0 Å². The number of carbonyl (C=O) groups excluding carboxylic acids is 2. The van der Waals surface area contributed by atoms with Gasteiger partial charge in [0.2, 0.25) is 11.6 Å². The summed E-state index contributed by atoms with van der Waals surface area (Å²) >= 11 is 0. The van der Waals surface area contributed by atoms with Crippen molar-refractivity contribution in [3.8, 4) is 0 Å². The minimum absolute atomic E-state index is 0.148. The van der Waals surface area contributed by atoms with Crippen molar-refractivity contribution in [1.29, 1.82) is 0 Å². The third kappa shape index (κ3) is 10.9. The van der Waals surface area contributed by atoms with Gasteiger partial charge in [0, 0.05) is 27.9 Å². The summed E-state index contributed by atoms with van der Waals surface area (Å²) in [6, 6.07) is 20.8. The molecule has 4 rings (SSSR count).